The van der Waals surface area contributed by atoms with Crippen LogP contribution < -0.4 is 10.9 Å². The third kappa shape index (κ3) is 4.15. The van der Waals surface area contributed by atoms with Gasteiger partial charge in [0.05, 0.1) is 10.7 Å². The van der Waals surface area contributed by atoms with Gasteiger partial charge in [-0.3, -0.25) is 14.0 Å². The van der Waals surface area contributed by atoms with E-state index in [0.717, 1.165) is 11.3 Å². The van der Waals surface area contributed by atoms with E-state index < -0.39 is 11.4 Å². The van der Waals surface area contributed by atoms with Crippen LogP contribution in [0.3, 0.4) is 0 Å². The number of nitrogens with one attached hydrogen (secondary N) is 1. The van der Waals surface area contributed by atoms with Gasteiger partial charge in [-0.15, -0.1) is 22.7 Å². The lowest BCUT2D eigenvalue weighted by atomic mass is 9.96. The van der Waals surface area contributed by atoms with E-state index in [0.29, 0.717) is 20.5 Å². The summed E-state index contributed by atoms with van der Waals surface area (Å²) in [7, 11) is 0. The van der Waals surface area contributed by atoms with Crippen molar-refractivity contribution in [3.05, 3.63) is 49.7 Å². The molecule has 1 N–H and O–H groups in total. The highest BCUT2D eigenvalue weighted by Gasteiger charge is 2.23. The van der Waals surface area contributed by atoms with E-state index in [1.165, 1.54) is 33.1 Å². The molecule has 0 atom stereocenters. The Labute approximate surface area is 170 Å². The second-order valence-corrected chi connectivity index (χ2v) is 9.37. The number of carbonyl (C=O) groups is 2. The Morgan fingerprint density at radius 2 is 1.96 bits per heavy atom. The van der Waals surface area contributed by atoms with Crippen LogP contribution in [0.2, 0.25) is 0 Å². The highest BCUT2D eigenvalue weighted by molar-refractivity contribution is 7.18. The Morgan fingerprint density at radius 1 is 1.25 bits per heavy atom. The van der Waals surface area contributed by atoms with E-state index in [1.807, 2.05) is 33.1 Å². The van der Waals surface area contributed by atoms with Gasteiger partial charge >= 0.3 is 5.97 Å². The summed E-state index contributed by atoms with van der Waals surface area (Å²) in [6.45, 7) is 8.98. The first-order chi connectivity index (χ1) is 13.1. The number of fused-ring (bicyclic) bond motifs is 1. The summed E-state index contributed by atoms with van der Waals surface area (Å²) >= 11 is 2.53. The normalized spacial score (nSPS) is 11.6. The second kappa shape index (κ2) is 7.48. The maximum atomic E-state index is 12.5. The van der Waals surface area contributed by atoms with Crippen LogP contribution in [0.1, 0.15) is 47.4 Å². The van der Waals surface area contributed by atoms with Gasteiger partial charge < -0.3 is 10.1 Å². The maximum Gasteiger partial charge on any atom is 0.349 e. The monoisotopic (exact) mass is 419 g/mol. The van der Waals surface area contributed by atoms with Gasteiger partial charge in [0, 0.05) is 22.6 Å². The minimum Gasteiger partial charge on any atom is -0.455 e. The van der Waals surface area contributed by atoms with E-state index in [9.17, 15) is 14.4 Å². The molecular formula is C19H21N3O4S2. The molecule has 3 aromatic heterocycles. The molecule has 9 heteroatoms. The molecule has 3 heterocycles. The van der Waals surface area contributed by atoms with Crippen LogP contribution in [0, 0.1) is 19.3 Å². The van der Waals surface area contributed by atoms with Crippen molar-refractivity contribution in [2.45, 2.75) is 41.2 Å². The molecule has 3 rings (SSSR count). The molecule has 0 aromatic carbocycles. The molecule has 0 bridgehead atoms. The zero-order chi connectivity index (χ0) is 20.6. The first kappa shape index (κ1) is 20.2. The summed E-state index contributed by atoms with van der Waals surface area (Å²) in [6, 6.07) is 3.12. The standard InChI is InChI=1S/C19H21N3O4S2/c1-10-6-13(21-17(25)19(3,4)5)28-15(10)16(24)26-8-12-7-14(23)22-11(2)9-27-18(22)20-12/h6-7,9H,8H2,1-5H3,(H,21,25). The molecular weight excluding hydrogens is 398 g/mol. The summed E-state index contributed by atoms with van der Waals surface area (Å²) < 4.78 is 6.86. The van der Waals surface area contributed by atoms with E-state index in [-0.39, 0.29) is 18.1 Å². The SMILES string of the molecule is Cc1cc(NC(=O)C(C)(C)C)sc1C(=O)OCc1cc(=O)n2c(C)csc2n1. The Morgan fingerprint density at radius 3 is 2.64 bits per heavy atom. The molecule has 0 aliphatic heterocycles. The van der Waals surface area contributed by atoms with Gasteiger partial charge in [0.2, 0.25) is 5.91 Å². The molecule has 0 aliphatic carbocycles. The average molecular weight is 420 g/mol. The zero-order valence-electron chi connectivity index (χ0n) is 16.3. The van der Waals surface area contributed by atoms with Gasteiger partial charge in [0.1, 0.15) is 11.5 Å². The fourth-order valence-corrected chi connectivity index (χ4v) is 4.28. The lowest BCUT2D eigenvalue weighted by Gasteiger charge is -2.16. The molecule has 7 nitrogen and oxygen atoms in total. The van der Waals surface area contributed by atoms with Gasteiger partial charge in [-0.05, 0) is 25.5 Å². The summed E-state index contributed by atoms with van der Waals surface area (Å²) in [5.74, 6) is -0.638. The fraction of sp³-hybridized carbons (Fsp3) is 0.368. The number of thiophene rings is 1. The zero-order valence-corrected chi connectivity index (χ0v) is 17.9. The minimum atomic E-state index is -0.531. The van der Waals surface area contributed by atoms with E-state index in [1.54, 1.807) is 13.0 Å². The van der Waals surface area contributed by atoms with Crippen molar-refractivity contribution in [1.29, 1.82) is 0 Å². The van der Waals surface area contributed by atoms with Gasteiger partial charge in [0.25, 0.3) is 5.56 Å². The number of ether oxygens (including phenoxy) is 1. The fourth-order valence-electron chi connectivity index (χ4n) is 2.43. The number of aryl methyl sites for hydroxylation is 2. The quantitative estimate of drug-likeness (QED) is 0.650. The number of hydrogen-bond donors (Lipinski definition) is 1. The molecule has 0 unspecified atom stereocenters. The minimum absolute atomic E-state index is 0.0947. The van der Waals surface area contributed by atoms with Gasteiger partial charge in [-0.1, -0.05) is 20.8 Å². The van der Waals surface area contributed by atoms with Crippen molar-refractivity contribution in [1.82, 2.24) is 9.38 Å². The van der Waals surface area contributed by atoms with Crippen molar-refractivity contribution in [2.75, 3.05) is 5.32 Å². The van der Waals surface area contributed by atoms with Crippen LogP contribution >= 0.6 is 22.7 Å². The lowest BCUT2D eigenvalue weighted by Crippen LogP contribution is -2.27. The summed E-state index contributed by atoms with van der Waals surface area (Å²) in [6.07, 6.45) is 0. The molecule has 0 saturated heterocycles. The molecule has 0 spiro atoms. The van der Waals surface area contributed by atoms with Crippen LogP contribution in [0.4, 0.5) is 5.00 Å². The summed E-state index contributed by atoms with van der Waals surface area (Å²) in [5.41, 5.74) is 1.21. The van der Waals surface area contributed by atoms with E-state index >= 15 is 0 Å². The number of nitrogens with zero attached hydrogens (tertiary/aromatic N) is 2. The third-order valence-electron chi connectivity index (χ3n) is 4.00. The van der Waals surface area contributed by atoms with E-state index in [4.69, 9.17) is 4.74 Å². The number of thiazole rings is 1. The van der Waals surface area contributed by atoms with Crippen molar-refractivity contribution in [2.24, 2.45) is 5.41 Å². The highest BCUT2D eigenvalue weighted by Crippen LogP contribution is 2.29. The van der Waals surface area contributed by atoms with Crippen molar-refractivity contribution < 1.29 is 14.3 Å². The first-order valence-corrected chi connectivity index (χ1v) is 10.3. The highest BCUT2D eigenvalue weighted by atomic mass is 32.1. The maximum absolute atomic E-state index is 12.5. The molecule has 1 amide bonds. The van der Waals surface area contributed by atoms with Crippen LogP contribution in [-0.4, -0.2) is 21.3 Å². The number of hydrogen-bond acceptors (Lipinski definition) is 7. The first-order valence-electron chi connectivity index (χ1n) is 8.62. The molecule has 28 heavy (non-hydrogen) atoms. The second-order valence-electron chi connectivity index (χ2n) is 7.48. The van der Waals surface area contributed by atoms with E-state index in [2.05, 4.69) is 10.3 Å². The number of amides is 1. The number of esters is 1. The van der Waals surface area contributed by atoms with Crippen LogP contribution in [0.25, 0.3) is 4.96 Å². The third-order valence-corrected chi connectivity index (χ3v) is 6.08. The van der Waals surface area contributed by atoms with Crippen LogP contribution in [0.15, 0.2) is 22.3 Å². The number of anilines is 1. The Bertz CT molecular complexity index is 1120. The lowest BCUT2D eigenvalue weighted by molar-refractivity contribution is -0.123. The van der Waals surface area contributed by atoms with Crippen LogP contribution in [0.5, 0.6) is 0 Å². The average Bonchev–Trinajstić information content (AvgIpc) is 3.15. The van der Waals surface area contributed by atoms with Gasteiger partial charge in [-0.2, -0.15) is 0 Å². The molecule has 0 aliphatic rings. The van der Waals surface area contributed by atoms with Gasteiger partial charge in [-0.25, -0.2) is 9.78 Å². The summed E-state index contributed by atoms with van der Waals surface area (Å²) in [5, 5.41) is 5.26. The van der Waals surface area contributed by atoms with Crippen LogP contribution in [-0.2, 0) is 16.1 Å². The topological polar surface area (TPSA) is 89.8 Å². The molecule has 0 fully saturated rings. The van der Waals surface area contributed by atoms with Crippen molar-refractivity contribution >= 4 is 44.5 Å². The number of aromatic nitrogens is 2. The van der Waals surface area contributed by atoms with Crippen molar-refractivity contribution in [3.8, 4) is 0 Å². The molecule has 0 radical (unpaired) electrons. The Balaban J connectivity index is 1.72. The Hall–Kier alpha value is -2.52. The predicted molar refractivity (Wildman–Crippen MR) is 110 cm³/mol. The molecule has 148 valence electrons. The smallest absolute Gasteiger partial charge is 0.349 e. The largest absolute Gasteiger partial charge is 0.455 e. The van der Waals surface area contributed by atoms with Crippen molar-refractivity contribution in [3.63, 3.8) is 0 Å². The molecule has 0 saturated carbocycles. The number of rotatable bonds is 4. The molecule has 3 aromatic rings. The summed E-state index contributed by atoms with van der Waals surface area (Å²) in [4.78, 5) is 42.1. The number of carbonyl (C=O) groups excluding carboxylic acids is 2. The van der Waals surface area contributed by atoms with Gasteiger partial charge in [0.15, 0.2) is 4.96 Å². The predicted octanol–water partition coefficient (Wildman–Crippen LogP) is 3.78. The Kier molecular flexibility index (Phi) is 5.40.